The van der Waals surface area contributed by atoms with E-state index in [0.717, 1.165) is 45.0 Å². The molecule has 29 heavy (non-hydrogen) atoms. The van der Waals surface area contributed by atoms with Gasteiger partial charge in [-0.2, -0.15) is 0 Å². The van der Waals surface area contributed by atoms with Crippen LogP contribution in [0.5, 0.6) is 5.75 Å². The Morgan fingerprint density at radius 3 is 2.48 bits per heavy atom. The summed E-state index contributed by atoms with van der Waals surface area (Å²) in [6.07, 6.45) is 7.58. The molecular formula is C25H21BrO3. The molecule has 0 atom stereocenters. The van der Waals surface area contributed by atoms with Crippen LogP contribution in [0.25, 0.3) is 12.2 Å². The molecule has 3 rings (SSSR count). The van der Waals surface area contributed by atoms with Crippen molar-refractivity contribution >= 4 is 34.1 Å². The molecule has 0 saturated heterocycles. The smallest absolute Gasteiger partial charge is 0.328 e. The Balaban J connectivity index is 1.68. The molecular weight excluding hydrogens is 428 g/mol. The Bertz CT molecular complexity index is 1020. The fourth-order valence-electron chi connectivity index (χ4n) is 2.86. The van der Waals surface area contributed by atoms with Crippen molar-refractivity contribution in [3.8, 4) is 5.75 Å². The van der Waals surface area contributed by atoms with Crippen LogP contribution in [-0.2, 0) is 17.8 Å². The average Bonchev–Trinajstić information content (AvgIpc) is 2.72. The quantitative estimate of drug-likeness (QED) is 0.406. The van der Waals surface area contributed by atoms with E-state index in [1.54, 1.807) is 6.08 Å². The van der Waals surface area contributed by atoms with Gasteiger partial charge in [-0.1, -0.05) is 82.7 Å². The lowest BCUT2D eigenvalue weighted by Crippen LogP contribution is -1.96. The summed E-state index contributed by atoms with van der Waals surface area (Å²) in [4.78, 5) is 10.7. The second-order valence-electron chi connectivity index (χ2n) is 6.48. The number of halogens is 1. The molecule has 4 heteroatoms. The van der Waals surface area contributed by atoms with Gasteiger partial charge in [0.15, 0.2) is 0 Å². The Hall–Kier alpha value is -3.11. The van der Waals surface area contributed by atoms with Crippen LogP contribution < -0.4 is 4.74 Å². The number of benzene rings is 3. The topological polar surface area (TPSA) is 46.5 Å². The van der Waals surface area contributed by atoms with Crippen LogP contribution in [0.4, 0.5) is 0 Å². The summed E-state index contributed by atoms with van der Waals surface area (Å²) in [7, 11) is 0. The molecule has 0 spiro atoms. The molecule has 146 valence electrons. The number of rotatable bonds is 8. The van der Waals surface area contributed by atoms with Gasteiger partial charge in [-0.05, 0) is 47.4 Å². The van der Waals surface area contributed by atoms with Gasteiger partial charge in [0, 0.05) is 16.1 Å². The molecule has 3 aromatic carbocycles. The van der Waals surface area contributed by atoms with Crippen molar-refractivity contribution < 1.29 is 14.6 Å². The van der Waals surface area contributed by atoms with Gasteiger partial charge in [-0.3, -0.25) is 0 Å². The van der Waals surface area contributed by atoms with E-state index in [1.807, 2.05) is 78.9 Å². The van der Waals surface area contributed by atoms with Gasteiger partial charge in [0.25, 0.3) is 0 Å². The summed E-state index contributed by atoms with van der Waals surface area (Å²) in [5.74, 6) is -0.120. The number of para-hydroxylation sites is 1. The molecule has 0 aliphatic carbocycles. The maximum Gasteiger partial charge on any atom is 0.328 e. The molecule has 0 unspecified atom stereocenters. The Morgan fingerprint density at radius 1 is 0.931 bits per heavy atom. The number of ether oxygens (including phenoxy) is 1. The molecule has 0 saturated carbocycles. The van der Waals surface area contributed by atoms with E-state index in [9.17, 15) is 4.79 Å². The van der Waals surface area contributed by atoms with Crippen LogP contribution in [0, 0.1) is 0 Å². The van der Waals surface area contributed by atoms with Gasteiger partial charge in [-0.15, -0.1) is 0 Å². The molecule has 0 bridgehead atoms. The minimum Gasteiger partial charge on any atom is -0.488 e. The van der Waals surface area contributed by atoms with Crippen molar-refractivity contribution in [3.05, 3.63) is 112 Å². The Morgan fingerprint density at radius 2 is 1.69 bits per heavy atom. The van der Waals surface area contributed by atoms with Crippen molar-refractivity contribution in [2.24, 2.45) is 0 Å². The van der Waals surface area contributed by atoms with Crippen LogP contribution >= 0.6 is 15.9 Å². The van der Waals surface area contributed by atoms with E-state index in [4.69, 9.17) is 9.84 Å². The van der Waals surface area contributed by atoms with E-state index in [0.29, 0.717) is 6.61 Å². The number of carboxylic acids is 1. The average molecular weight is 449 g/mol. The molecule has 0 heterocycles. The summed E-state index contributed by atoms with van der Waals surface area (Å²) in [6, 6.07) is 23.9. The third kappa shape index (κ3) is 6.77. The molecule has 0 aliphatic heterocycles. The van der Waals surface area contributed by atoms with E-state index in [-0.39, 0.29) is 0 Å². The minimum atomic E-state index is -0.960. The highest BCUT2D eigenvalue weighted by molar-refractivity contribution is 9.10. The van der Waals surface area contributed by atoms with E-state index in [2.05, 4.69) is 22.0 Å². The fourth-order valence-corrected chi connectivity index (χ4v) is 3.42. The van der Waals surface area contributed by atoms with Crippen molar-refractivity contribution in [2.45, 2.75) is 13.0 Å². The predicted molar refractivity (Wildman–Crippen MR) is 121 cm³/mol. The highest BCUT2D eigenvalue weighted by atomic mass is 79.9. The van der Waals surface area contributed by atoms with Crippen molar-refractivity contribution in [2.75, 3.05) is 0 Å². The van der Waals surface area contributed by atoms with Gasteiger partial charge in [0.1, 0.15) is 12.4 Å². The predicted octanol–water partition coefficient (Wildman–Crippen LogP) is 6.38. The minimum absolute atomic E-state index is 0.524. The van der Waals surface area contributed by atoms with Crippen LogP contribution in [0.15, 0.2) is 89.4 Å². The van der Waals surface area contributed by atoms with Gasteiger partial charge < -0.3 is 9.84 Å². The standard InChI is InChI=1S/C25H21BrO3/c26-23-16-20(15-21(17-23)13-14-25(27)28)9-6-11-22-10-4-5-12-24(22)29-18-19-7-2-1-3-8-19/h1-8,10-17H,9,18H2,(H,27,28)/b11-6+,14-13+. The van der Waals surface area contributed by atoms with E-state index in [1.165, 1.54) is 0 Å². The lowest BCUT2D eigenvalue weighted by molar-refractivity contribution is -0.131. The second-order valence-corrected chi connectivity index (χ2v) is 7.40. The zero-order valence-corrected chi connectivity index (χ0v) is 17.4. The largest absolute Gasteiger partial charge is 0.488 e. The molecule has 0 aliphatic rings. The normalized spacial score (nSPS) is 11.2. The molecule has 0 radical (unpaired) electrons. The summed E-state index contributed by atoms with van der Waals surface area (Å²) in [5.41, 5.74) is 4.08. The lowest BCUT2D eigenvalue weighted by atomic mass is 10.1. The number of carbonyl (C=O) groups is 1. The molecule has 3 aromatic rings. The molecule has 0 aromatic heterocycles. The number of aliphatic carboxylic acids is 1. The number of carboxylic acid groups (broad SMARTS) is 1. The summed E-state index contributed by atoms with van der Waals surface area (Å²) < 4.78 is 6.91. The van der Waals surface area contributed by atoms with E-state index < -0.39 is 5.97 Å². The zero-order chi connectivity index (χ0) is 20.5. The van der Waals surface area contributed by atoms with Crippen LogP contribution in [-0.4, -0.2) is 11.1 Å². The molecule has 3 nitrogen and oxygen atoms in total. The summed E-state index contributed by atoms with van der Waals surface area (Å²) in [6.45, 7) is 0.524. The van der Waals surface area contributed by atoms with Crippen LogP contribution in [0.3, 0.4) is 0 Å². The SMILES string of the molecule is O=C(O)/C=C/c1cc(Br)cc(C/C=C/c2ccccc2OCc2ccccc2)c1. The monoisotopic (exact) mass is 448 g/mol. The molecule has 1 N–H and O–H groups in total. The number of allylic oxidation sites excluding steroid dienone is 1. The van der Waals surface area contributed by atoms with Crippen molar-refractivity contribution in [3.63, 3.8) is 0 Å². The van der Waals surface area contributed by atoms with Crippen molar-refractivity contribution in [1.29, 1.82) is 0 Å². The van der Waals surface area contributed by atoms with Gasteiger partial charge in [0.2, 0.25) is 0 Å². The summed E-state index contributed by atoms with van der Waals surface area (Å²) >= 11 is 3.49. The first-order valence-electron chi connectivity index (χ1n) is 9.23. The first-order valence-corrected chi connectivity index (χ1v) is 10.0. The van der Waals surface area contributed by atoms with Gasteiger partial charge >= 0.3 is 5.97 Å². The third-order valence-corrected chi connectivity index (χ3v) is 4.66. The highest BCUT2D eigenvalue weighted by Crippen LogP contribution is 2.22. The van der Waals surface area contributed by atoms with Crippen LogP contribution in [0.1, 0.15) is 22.3 Å². The first kappa shape index (κ1) is 20.6. The van der Waals surface area contributed by atoms with E-state index >= 15 is 0 Å². The molecule has 0 amide bonds. The fraction of sp³-hybridized carbons (Fsp3) is 0.0800. The Labute approximate surface area is 179 Å². The number of hydrogen-bond acceptors (Lipinski definition) is 2. The number of hydrogen-bond donors (Lipinski definition) is 1. The molecule has 0 fully saturated rings. The van der Waals surface area contributed by atoms with Gasteiger partial charge in [-0.25, -0.2) is 4.79 Å². The zero-order valence-electron chi connectivity index (χ0n) is 15.8. The van der Waals surface area contributed by atoms with Crippen molar-refractivity contribution in [1.82, 2.24) is 0 Å². The van der Waals surface area contributed by atoms with Crippen LogP contribution in [0.2, 0.25) is 0 Å². The second kappa shape index (κ2) is 10.4. The first-order chi connectivity index (χ1) is 14.1. The summed E-state index contributed by atoms with van der Waals surface area (Å²) in [5, 5.41) is 8.80. The Kier molecular flexibility index (Phi) is 7.42. The van der Waals surface area contributed by atoms with Gasteiger partial charge in [0.05, 0.1) is 0 Å². The lowest BCUT2D eigenvalue weighted by Gasteiger charge is -2.09. The maximum absolute atomic E-state index is 10.7. The maximum atomic E-state index is 10.7. The highest BCUT2D eigenvalue weighted by Gasteiger charge is 2.01. The third-order valence-electron chi connectivity index (χ3n) is 4.21.